The van der Waals surface area contributed by atoms with Crippen molar-refractivity contribution in [3.05, 3.63) is 17.5 Å². The van der Waals surface area contributed by atoms with Crippen molar-refractivity contribution in [2.45, 2.75) is 12.8 Å². The third kappa shape index (κ3) is 2.58. The van der Waals surface area contributed by atoms with E-state index in [4.69, 9.17) is 17.3 Å². The van der Waals surface area contributed by atoms with Crippen LogP contribution in [0.25, 0.3) is 0 Å². The molecule has 0 unspecified atom stereocenters. The van der Waals surface area contributed by atoms with Crippen LogP contribution in [-0.2, 0) is 0 Å². The number of nitrogens with two attached hydrogens (primary N) is 1. The van der Waals surface area contributed by atoms with Crippen molar-refractivity contribution in [2.75, 3.05) is 24.5 Å². The third-order valence-corrected chi connectivity index (χ3v) is 2.97. The zero-order valence-corrected chi connectivity index (χ0v) is 9.32. The Morgan fingerprint density at radius 3 is 3.20 bits per heavy atom. The van der Waals surface area contributed by atoms with E-state index in [0.29, 0.717) is 11.2 Å². The maximum Gasteiger partial charge on any atom is 0.224 e. The van der Waals surface area contributed by atoms with Gasteiger partial charge in [0.1, 0.15) is 5.82 Å². The summed E-state index contributed by atoms with van der Waals surface area (Å²) in [5.74, 6) is 1.49. The molecule has 1 aromatic heterocycles. The molecule has 2 heterocycles. The Morgan fingerprint density at radius 2 is 2.47 bits per heavy atom. The van der Waals surface area contributed by atoms with Crippen LogP contribution in [0.5, 0.6) is 0 Å². The Hall–Kier alpha value is -0.870. The number of aromatic nitrogens is 2. The van der Waals surface area contributed by atoms with Gasteiger partial charge < -0.3 is 10.6 Å². The lowest BCUT2D eigenvalue weighted by molar-refractivity contribution is 0.421. The monoisotopic (exact) mass is 226 g/mol. The highest BCUT2D eigenvalue weighted by molar-refractivity contribution is 6.28. The molecule has 1 aliphatic heterocycles. The Bertz CT molecular complexity index is 331. The molecule has 1 saturated heterocycles. The van der Waals surface area contributed by atoms with Gasteiger partial charge in [-0.3, -0.25) is 0 Å². The fraction of sp³-hybridized carbons (Fsp3) is 0.600. The van der Waals surface area contributed by atoms with Crippen molar-refractivity contribution in [1.82, 2.24) is 9.97 Å². The second-order valence-electron chi connectivity index (χ2n) is 3.87. The minimum Gasteiger partial charge on any atom is -0.356 e. The number of hydrogen-bond acceptors (Lipinski definition) is 4. The normalized spacial score (nSPS) is 21.7. The molecule has 0 radical (unpaired) electrons. The largest absolute Gasteiger partial charge is 0.356 e. The van der Waals surface area contributed by atoms with Crippen LogP contribution in [0.3, 0.4) is 0 Å². The second kappa shape index (κ2) is 4.77. The van der Waals surface area contributed by atoms with E-state index in [1.54, 1.807) is 6.20 Å². The molecule has 2 rings (SSSR count). The van der Waals surface area contributed by atoms with Gasteiger partial charge in [-0.1, -0.05) is 0 Å². The van der Waals surface area contributed by atoms with Crippen molar-refractivity contribution in [2.24, 2.45) is 11.7 Å². The predicted molar refractivity (Wildman–Crippen MR) is 61.0 cm³/mol. The molecular weight excluding hydrogens is 212 g/mol. The molecular formula is C10H15ClN4. The van der Waals surface area contributed by atoms with E-state index in [1.165, 1.54) is 12.8 Å². The number of anilines is 1. The smallest absolute Gasteiger partial charge is 0.224 e. The van der Waals surface area contributed by atoms with Crippen LogP contribution in [0, 0.1) is 5.92 Å². The predicted octanol–water partition coefficient (Wildman–Crippen LogP) is 1.31. The highest BCUT2D eigenvalue weighted by Gasteiger charge is 2.19. The SMILES string of the molecule is NC[C@H]1CCCN(c2ccnc(Cl)n2)C1. The number of rotatable bonds is 2. The molecule has 1 aliphatic rings. The van der Waals surface area contributed by atoms with Gasteiger partial charge in [0.2, 0.25) is 5.28 Å². The summed E-state index contributed by atoms with van der Waals surface area (Å²) >= 11 is 5.76. The molecule has 1 fully saturated rings. The molecule has 2 N–H and O–H groups in total. The molecule has 1 atom stereocenters. The molecule has 1 aromatic rings. The molecule has 0 amide bonds. The van der Waals surface area contributed by atoms with Gasteiger partial charge in [0.25, 0.3) is 0 Å². The highest BCUT2D eigenvalue weighted by Crippen LogP contribution is 2.21. The van der Waals surface area contributed by atoms with Crippen molar-refractivity contribution >= 4 is 17.4 Å². The third-order valence-electron chi connectivity index (χ3n) is 2.79. The topological polar surface area (TPSA) is 55.0 Å². The van der Waals surface area contributed by atoms with Crippen LogP contribution >= 0.6 is 11.6 Å². The van der Waals surface area contributed by atoms with Gasteiger partial charge in [0.05, 0.1) is 0 Å². The van der Waals surface area contributed by atoms with E-state index in [-0.39, 0.29) is 0 Å². The van der Waals surface area contributed by atoms with Crippen LogP contribution in [-0.4, -0.2) is 29.6 Å². The zero-order chi connectivity index (χ0) is 10.7. The minimum atomic E-state index is 0.308. The lowest BCUT2D eigenvalue weighted by Gasteiger charge is -2.32. The second-order valence-corrected chi connectivity index (χ2v) is 4.21. The van der Waals surface area contributed by atoms with Gasteiger partial charge >= 0.3 is 0 Å². The molecule has 0 aliphatic carbocycles. The standard InChI is InChI=1S/C10H15ClN4/c11-10-13-4-3-9(14-10)15-5-1-2-8(6-12)7-15/h3-4,8H,1-2,5-7,12H2/t8-/m1/s1. The Labute approximate surface area is 94.5 Å². The van der Waals surface area contributed by atoms with Crippen LogP contribution in [0.15, 0.2) is 12.3 Å². The minimum absolute atomic E-state index is 0.308. The van der Waals surface area contributed by atoms with E-state index in [9.17, 15) is 0 Å². The first-order valence-electron chi connectivity index (χ1n) is 5.23. The van der Waals surface area contributed by atoms with E-state index in [0.717, 1.165) is 25.5 Å². The maximum atomic E-state index is 5.76. The molecule has 0 aromatic carbocycles. The number of hydrogen-bond donors (Lipinski definition) is 1. The van der Waals surface area contributed by atoms with Crippen LogP contribution < -0.4 is 10.6 Å². The summed E-state index contributed by atoms with van der Waals surface area (Å²) < 4.78 is 0. The van der Waals surface area contributed by atoms with Crippen LogP contribution in [0.2, 0.25) is 5.28 Å². The Kier molecular flexibility index (Phi) is 3.38. The zero-order valence-electron chi connectivity index (χ0n) is 8.56. The number of piperidine rings is 1. The summed E-state index contributed by atoms with van der Waals surface area (Å²) in [5, 5.41) is 0.308. The first-order valence-corrected chi connectivity index (χ1v) is 5.61. The van der Waals surface area contributed by atoms with Gasteiger partial charge in [-0.15, -0.1) is 0 Å². The number of halogens is 1. The average molecular weight is 227 g/mol. The average Bonchev–Trinajstić information content (AvgIpc) is 2.29. The van der Waals surface area contributed by atoms with E-state index >= 15 is 0 Å². The lowest BCUT2D eigenvalue weighted by atomic mass is 9.98. The van der Waals surface area contributed by atoms with Crippen molar-refractivity contribution < 1.29 is 0 Å². The van der Waals surface area contributed by atoms with Gasteiger partial charge in [0.15, 0.2) is 0 Å². The molecule has 0 bridgehead atoms. The number of nitrogens with zero attached hydrogens (tertiary/aromatic N) is 3. The van der Waals surface area contributed by atoms with Gasteiger partial charge in [-0.05, 0) is 43.0 Å². The van der Waals surface area contributed by atoms with Gasteiger partial charge in [-0.25, -0.2) is 9.97 Å². The lowest BCUT2D eigenvalue weighted by Crippen LogP contribution is -2.38. The molecule has 5 heteroatoms. The Morgan fingerprint density at radius 1 is 1.60 bits per heavy atom. The highest BCUT2D eigenvalue weighted by atomic mass is 35.5. The van der Waals surface area contributed by atoms with E-state index in [2.05, 4.69) is 14.9 Å². The first-order chi connectivity index (χ1) is 7.29. The fourth-order valence-electron chi connectivity index (χ4n) is 1.97. The van der Waals surface area contributed by atoms with Crippen molar-refractivity contribution in [1.29, 1.82) is 0 Å². The Balaban J connectivity index is 2.09. The summed E-state index contributed by atoms with van der Waals surface area (Å²) in [6, 6.07) is 1.89. The summed E-state index contributed by atoms with van der Waals surface area (Å²) in [7, 11) is 0. The summed E-state index contributed by atoms with van der Waals surface area (Å²) in [6.45, 7) is 2.75. The van der Waals surface area contributed by atoms with Crippen molar-refractivity contribution in [3.63, 3.8) is 0 Å². The molecule has 0 saturated carbocycles. The summed E-state index contributed by atoms with van der Waals surface area (Å²) in [5.41, 5.74) is 5.69. The van der Waals surface area contributed by atoms with Crippen molar-refractivity contribution in [3.8, 4) is 0 Å². The van der Waals surface area contributed by atoms with Crippen LogP contribution in [0.1, 0.15) is 12.8 Å². The van der Waals surface area contributed by atoms with Gasteiger partial charge in [0, 0.05) is 19.3 Å². The molecule has 82 valence electrons. The van der Waals surface area contributed by atoms with Gasteiger partial charge in [-0.2, -0.15) is 0 Å². The van der Waals surface area contributed by atoms with E-state index < -0.39 is 0 Å². The van der Waals surface area contributed by atoms with E-state index in [1.807, 2.05) is 6.07 Å². The first kappa shape index (κ1) is 10.6. The summed E-state index contributed by atoms with van der Waals surface area (Å²) in [6.07, 6.45) is 4.08. The maximum absolute atomic E-state index is 5.76. The molecule has 4 nitrogen and oxygen atoms in total. The van der Waals surface area contributed by atoms with Crippen LogP contribution in [0.4, 0.5) is 5.82 Å². The summed E-state index contributed by atoms with van der Waals surface area (Å²) in [4.78, 5) is 10.3. The molecule has 15 heavy (non-hydrogen) atoms. The quantitative estimate of drug-likeness (QED) is 0.773. The fourth-order valence-corrected chi connectivity index (χ4v) is 2.11. The molecule has 0 spiro atoms.